The van der Waals surface area contributed by atoms with E-state index < -0.39 is 0 Å². The van der Waals surface area contributed by atoms with Gasteiger partial charge in [0.1, 0.15) is 5.71 Å². The van der Waals surface area contributed by atoms with Gasteiger partial charge < -0.3 is 0 Å². The molecule has 1 aromatic carbocycles. The third-order valence-corrected chi connectivity index (χ3v) is 2.43. The number of para-hydroxylation sites is 1. The Balaban J connectivity index is 0.000000853. The van der Waals surface area contributed by atoms with Gasteiger partial charge in [-0.15, -0.1) is 12.4 Å². The molecule has 3 heteroatoms. The van der Waals surface area contributed by atoms with Gasteiger partial charge in [-0.25, -0.2) is 4.99 Å². The van der Waals surface area contributed by atoms with Gasteiger partial charge in [0, 0.05) is 11.1 Å². The summed E-state index contributed by atoms with van der Waals surface area (Å²) in [4.78, 5) is 15.8. The van der Waals surface area contributed by atoms with Crippen LogP contribution in [-0.2, 0) is 4.79 Å². The number of rotatable bonds is 0. The Kier molecular flexibility index (Phi) is 2.29. The molecule has 0 unspecified atom stereocenters. The number of carbonyl (C=O) groups excluding carboxylic acids is 1. The summed E-state index contributed by atoms with van der Waals surface area (Å²) in [5.74, 6) is -0.00120. The van der Waals surface area contributed by atoms with Gasteiger partial charge in [-0.2, -0.15) is 0 Å². The van der Waals surface area contributed by atoms with E-state index in [4.69, 9.17) is 0 Å². The molecule has 0 N–H and O–H groups in total. The molecule has 15 heavy (non-hydrogen) atoms. The summed E-state index contributed by atoms with van der Waals surface area (Å²) in [6.45, 7) is 0. The molecule has 3 rings (SSSR count). The largest absolute Gasteiger partial charge is 0.288 e. The van der Waals surface area contributed by atoms with Crippen molar-refractivity contribution in [2.75, 3.05) is 0 Å². The number of nitrogens with zero attached hydrogens (tertiary/aromatic N) is 1. The van der Waals surface area contributed by atoms with Crippen molar-refractivity contribution < 1.29 is 4.79 Å². The second-order valence-corrected chi connectivity index (χ2v) is 3.28. The number of aliphatic imine (C=N–C) groups is 1. The summed E-state index contributed by atoms with van der Waals surface area (Å²) in [5.41, 5.74) is 3.48. The van der Waals surface area contributed by atoms with Crippen LogP contribution >= 0.6 is 12.4 Å². The first-order valence-electron chi connectivity index (χ1n) is 4.47. The van der Waals surface area contributed by atoms with E-state index in [1.807, 2.05) is 30.3 Å². The minimum Gasteiger partial charge on any atom is -0.288 e. The Hall–Kier alpha value is -1.67. The predicted octanol–water partition coefficient (Wildman–Crippen LogP) is 2.72. The van der Waals surface area contributed by atoms with Crippen molar-refractivity contribution in [3.05, 3.63) is 48.1 Å². The van der Waals surface area contributed by atoms with Crippen molar-refractivity contribution in [3.8, 4) is 0 Å². The predicted molar refractivity (Wildman–Crippen MR) is 62.9 cm³/mol. The Labute approximate surface area is 93.4 Å². The highest BCUT2D eigenvalue weighted by atomic mass is 35.5. The molecule has 1 aromatic rings. The SMILES string of the molecule is Cl.O=C1C=CC=C2C1=Nc1ccccc12. The number of ketones is 1. The molecule has 74 valence electrons. The van der Waals surface area contributed by atoms with Crippen molar-refractivity contribution >= 4 is 35.2 Å². The van der Waals surface area contributed by atoms with Crippen LogP contribution in [0.2, 0.25) is 0 Å². The average Bonchev–Trinajstić information content (AvgIpc) is 2.59. The number of allylic oxidation sites excluding steroid dienone is 4. The number of hydrogen-bond acceptors (Lipinski definition) is 2. The Bertz CT molecular complexity index is 526. The lowest BCUT2D eigenvalue weighted by Gasteiger charge is -2.03. The van der Waals surface area contributed by atoms with Crippen molar-refractivity contribution in [3.63, 3.8) is 0 Å². The Morgan fingerprint density at radius 3 is 2.80 bits per heavy atom. The highest BCUT2D eigenvalue weighted by molar-refractivity contribution is 6.62. The molecule has 1 aliphatic carbocycles. The molecule has 0 spiro atoms. The molecule has 0 amide bonds. The van der Waals surface area contributed by atoms with Crippen LogP contribution in [0, 0.1) is 0 Å². The minimum absolute atomic E-state index is 0. The molecule has 1 heterocycles. The summed E-state index contributed by atoms with van der Waals surface area (Å²) in [6, 6.07) is 7.80. The molecule has 2 aliphatic rings. The minimum atomic E-state index is -0.00120. The summed E-state index contributed by atoms with van der Waals surface area (Å²) in [5, 5.41) is 0. The van der Waals surface area contributed by atoms with E-state index >= 15 is 0 Å². The van der Waals surface area contributed by atoms with E-state index in [0.29, 0.717) is 5.71 Å². The third kappa shape index (κ3) is 1.34. The monoisotopic (exact) mass is 217 g/mol. The first kappa shape index (κ1) is 9.87. The highest BCUT2D eigenvalue weighted by Crippen LogP contribution is 2.35. The number of carbonyl (C=O) groups is 1. The molecule has 0 saturated heterocycles. The summed E-state index contributed by atoms with van der Waals surface area (Å²) in [6.07, 6.45) is 5.26. The van der Waals surface area contributed by atoms with Crippen LogP contribution in [-0.4, -0.2) is 11.5 Å². The number of hydrogen-bond donors (Lipinski definition) is 0. The fourth-order valence-electron chi connectivity index (χ4n) is 1.77. The molecule has 0 fully saturated rings. The Morgan fingerprint density at radius 1 is 1.13 bits per heavy atom. The fourth-order valence-corrected chi connectivity index (χ4v) is 1.77. The van der Waals surface area contributed by atoms with Crippen LogP contribution in [0.1, 0.15) is 5.56 Å². The molecule has 0 bridgehead atoms. The lowest BCUT2D eigenvalue weighted by atomic mass is 9.97. The number of fused-ring (bicyclic) bond motifs is 3. The van der Waals surface area contributed by atoms with Crippen molar-refractivity contribution in [2.45, 2.75) is 0 Å². The maximum absolute atomic E-state index is 11.5. The van der Waals surface area contributed by atoms with Crippen LogP contribution in [0.5, 0.6) is 0 Å². The summed E-state index contributed by atoms with van der Waals surface area (Å²) >= 11 is 0. The van der Waals surface area contributed by atoms with E-state index in [-0.39, 0.29) is 18.2 Å². The van der Waals surface area contributed by atoms with Gasteiger partial charge in [0.05, 0.1) is 5.69 Å². The van der Waals surface area contributed by atoms with Crippen molar-refractivity contribution in [1.29, 1.82) is 0 Å². The van der Waals surface area contributed by atoms with Crippen LogP contribution in [0.15, 0.2) is 47.5 Å². The molecule has 0 saturated carbocycles. The van der Waals surface area contributed by atoms with E-state index in [2.05, 4.69) is 4.99 Å². The van der Waals surface area contributed by atoms with E-state index in [9.17, 15) is 4.79 Å². The second kappa shape index (κ2) is 3.48. The first-order valence-corrected chi connectivity index (χ1v) is 4.47. The number of benzene rings is 1. The lowest BCUT2D eigenvalue weighted by Crippen LogP contribution is -2.12. The zero-order valence-electron chi connectivity index (χ0n) is 7.81. The fraction of sp³-hybridized carbons (Fsp3) is 0. The smallest absolute Gasteiger partial charge is 0.204 e. The zero-order valence-corrected chi connectivity index (χ0v) is 8.62. The van der Waals surface area contributed by atoms with Gasteiger partial charge in [-0.05, 0) is 12.1 Å². The molecular formula is C12H8ClNO. The quantitative estimate of drug-likeness (QED) is 0.615. The first-order chi connectivity index (χ1) is 6.86. The van der Waals surface area contributed by atoms with Gasteiger partial charge in [0.2, 0.25) is 5.78 Å². The maximum Gasteiger partial charge on any atom is 0.204 e. The van der Waals surface area contributed by atoms with Gasteiger partial charge in [-0.3, -0.25) is 4.79 Å². The average molecular weight is 218 g/mol. The maximum atomic E-state index is 11.5. The normalized spacial score (nSPS) is 16.1. The standard InChI is InChI=1S/C12H7NO.ClH/c14-11-7-3-5-9-8-4-1-2-6-10(8)13-12(9)11;/h1-7H;1H. The van der Waals surface area contributed by atoms with Gasteiger partial charge in [0.15, 0.2) is 0 Å². The molecule has 0 atom stereocenters. The second-order valence-electron chi connectivity index (χ2n) is 3.28. The van der Waals surface area contributed by atoms with Gasteiger partial charge >= 0.3 is 0 Å². The van der Waals surface area contributed by atoms with Crippen molar-refractivity contribution in [2.24, 2.45) is 4.99 Å². The van der Waals surface area contributed by atoms with Crippen LogP contribution in [0.25, 0.3) is 5.57 Å². The van der Waals surface area contributed by atoms with E-state index in [1.165, 1.54) is 0 Å². The van der Waals surface area contributed by atoms with Crippen LogP contribution < -0.4 is 0 Å². The summed E-state index contributed by atoms with van der Waals surface area (Å²) < 4.78 is 0. The van der Waals surface area contributed by atoms with E-state index in [1.54, 1.807) is 12.2 Å². The van der Waals surface area contributed by atoms with Crippen molar-refractivity contribution in [1.82, 2.24) is 0 Å². The van der Waals surface area contributed by atoms with Crippen LogP contribution in [0.4, 0.5) is 5.69 Å². The molecule has 1 aliphatic heterocycles. The van der Waals surface area contributed by atoms with E-state index in [0.717, 1.165) is 16.8 Å². The van der Waals surface area contributed by atoms with Gasteiger partial charge in [-0.1, -0.05) is 30.4 Å². The Morgan fingerprint density at radius 2 is 1.93 bits per heavy atom. The zero-order chi connectivity index (χ0) is 9.54. The topological polar surface area (TPSA) is 29.4 Å². The highest BCUT2D eigenvalue weighted by Gasteiger charge is 2.25. The number of halogens is 1. The molecule has 2 nitrogen and oxygen atoms in total. The lowest BCUT2D eigenvalue weighted by molar-refractivity contribution is -0.108. The van der Waals surface area contributed by atoms with Crippen LogP contribution in [0.3, 0.4) is 0 Å². The molecular weight excluding hydrogens is 210 g/mol. The van der Waals surface area contributed by atoms with Gasteiger partial charge in [0.25, 0.3) is 0 Å². The molecule has 0 radical (unpaired) electrons. The summed E-state index contributed by atoms with van der Waals surface area (Å²) in [7, 11) is 0. The third-order valence-electron chi connectivity index (χ3n) is 2.43. The molecule has 0 aromatic heterocycles.